The van der Waals surface area contributed by atoms with Crippen LogP contribution in [0.1, 0.15) is 26.7 Å². The number of nitrogens with one attached hydrogen (secondary N) is 1. The topological polar surface area (TPSA) is 90.4 Å². The Hall–Kier alpha value is -2.40. The Bertz CT molecular complexity index is 760. The molecule has 0 amide bonds. The van der Waals surface area contributed by atoms with E-state index in [1.807, 2.05) is 4.98 Å². The molecule has 1 N–H and O–H groups in total. The van der Waals surface area contributed by atoms with Gasteiger partial charge < -0.3 is 9.47 Å². The van der Waals surface area contributed by atoms with E-state index in [2.05, 4.69) is 5.92 Å². The second-order valence-electron chi connectivity index (χ2n) is 5.60. The SMILES string of the molecule is C#CC1(n2cc(F)c(=O)[nH]c2=O)CCC(COC(=O)C(C)C)O1. The van der Waals surface area contributed by atoms with Crippen molar-refractivity contribution in [1.29, 1.82) is 0 Å². The van der Waals surface area contributed by atoms with Crippen LogP contribution in [-0.2, 0) is 20.0 Å². The quantitative estimate of drug-likeness (QED) is 0.637. The second-order valence-corrected chi connectivity index (χ2v) is 5.60. The predicted octanol–water partition coefficient (Wildman–Crippen LogP) is 0.340. The van der Waals surface area contributed by atoms with Crippen molar-refractivity contribution in [2.24, 2.45) is 5.92 Å². The second kappa shape index (κ2) is 6.38. The highest BCUT2D eigenvalue weighted by molar-refractivity contribution is 5.71. The van der Waals surface area contributed by atoms with Crippen LogP contribution in [0.5, 0.6) is 0 Å². The van der Waals surface area contributed by atoms with Crippen LogP contribution in [0, 0.1) is 24.1 Å². The minimum Gasteiger partial charge on any atom is -0.463 e. The van der Waals surface area contributed by atoms with Gasteiger partial charge in [0.15, 0.2) is 0 Å². The average molecular weight is 324 g/mol. The maximum absolute atomic E-state index is 13.5. The molecule has 1 aliphatic rings. The molecular formula is C15H17FN2O5. The number of carbonyl (C=O) groups is 1. The highest BCUT2D eigenvalue weighted by Crippen LogP contribution is 2.33. The molecule has 8 heteroatoms. The number of hydrogen-bond donors (Lipinski definition) is 1. The lowest BCUT2D eigenvalue weighted by atomic mass is 10.1. The number of nitrogens with zero attached hydrogens (tertiary/aromatic N) is 1. The van der Waals surface area contributed by atoms with Crippen LogP contribution < -0.4 is 11.2 Å². The first-order chi connectivity index (χ1) is 10.8. The molecule has 0 aromatic carbocycles. The predicted molar refractivity (Wildman–Crippen MR) is 78.0 cm³/mol. The van der Waals surface area contributed by atoms with Crippen molar-refractivity contribution < 1.29 is 18.7 Å². The van der Waals surface area contributed by atoms with E-state index < -0.39 is 28.9 Å². The Morgan fingerprint density at radius 2 is 2.35 bits per heavy atom. The van der Waals surface area contributed by atoms with Gasteiger partial charge in [0.2, 0.25) is 11.5 Å². The van der Waals surface area contributed by atoms with Crippen molar-refractivity contribution in [3.63, 3.8) is 0 Å². The molecule has 0 bridgehead atoms. The van der Waals surface area contributed by atoms with Gasteiger partial charge in [-0.1, -0.05) is 13.8 Å². The van der Waals surface area contributed by atoms with Crippen LogP contribution >= 0.6 is 0 Å². The van der Waals surface area contributed by atoms with Crippen molar-refractivity contribution in [1.82, 2.24) is 9.55 Å². The van der Waals surface area contributed by atoms with E-state index in [1.165, 1.54) is 0 Å². The molecule has 7 nitrogen and oxygen atoms in total. The van der Waals surface area contributed by atoms with E-state index >= 15 is 0 Å². The van der Waals surface area contributed by atoms with Crippen LogP contribution in [0.2, 0.25) is 0 Å². The van der Waals surface area contributed by atoms with Gasteiger partial charge in [-0.05, 0) is 12.3 Å². The summed E-state index contributed by atoms with van der Waals surface area (Å²) in [5.41, 5.74) is -3.51. The van der Waals surface area contributed by atoms with E-state index in [1.54, 1.807) is 13.8 Å². The molecule has 2 atom stereocenters. The summed E-state index contributed by atoms with van der Waals surface area (Å²) in [5, 5.41) is 0. The number of hydrogen-bond acceptors (Lipinski definition) is 5. The Labute approximate surface area is 131 Å². The van der Waals surface area contributed by atoms with Gasteiger partial charge in [0.05, 0.1) is 18.2 Å². The van der Waals surface area contributed by atoms with Crippen molar-refractivity contribution in [3.05, 3.63) is 32.9 Å². The summed E-state index contributed by atoms with van der Waals surface area (Å²) in [6.07, 6.45) is 6.32. The molecule has 0 saturated carbocycles. The molecule has 1 aromatic heterocycles. The van der Waals surface area contributed by atoms with Crippen LogP contribution in [-0.4, -0.2) is 28.2 Å². The molecule has 23 heavy (non-hydrogen) atoms. The molecule has 1 aliphatic heterocycles. The Morgan fingerprint density at radius 1 is 1.65 bits per heavy atom. The Morgan fingerprint density at radius 3 is 2.96 bits per heavy atom. The van der Waals surface area contributed by atoms with E-state index in [0.29, 0.717) is 6.42 Å². The molecular weight excluding hydrogens is 307 g/mol. The first-order valence-corrected chi connectivity index (χ1v) is 7.13. The lowest BCUT2D eigenvalue weighted by Crippen LogP contribution is -2.44. The number of terminal acetylenes is 1. The maximum Gasteiger partial charge on any atom is 0.331 e. The van der Waals surface area contributed by atoms with Crippen LogP contribution in [0.15, 0.2) is 15.8 Å². The standard InChI is InChI=1S/C15H17FN2O5/c1-4-15(18-7-11(16)12(19)17-14(18)21)6-5-10(23-15)8-22-13(20)9(2)3/h1,7,9-10H,5-6,8H2,2-3H3,(H,17,19,21). The number of aromatic amines is 1. The van der Waals surface area contributed by atoms with E-state index in [9.17, 15) is 18.8 Å². The first-order valence-electron chi connectivity index (χ1n) is 7.13. The number of halogens is 1. The van der Waals surface area contributed by atoms with E-state index in [-0.39, 0.29) is 24.9 Å². The normalized spacial score (nSPS) is 23.7. The zero-order valence-electron chi connectivity index (χ0n) is 12.8. The van der Waals surface area contributed by atoms with Gasteiger partial charge in [0.25, 0.3) is 5.56 Å². The summed E-state index contributed by atoms with van der Waals surface area (Å²) in [6.45, 7) is 3.39. The zero-order chi connectivity index (χ0) is 17.2. The van der Waals surface area contributed by atoms with Crippen molar-refractivity contribution in [2.45, 2.75) is 38.5 Å². The van der Waals surface area contributed by atoms with Gasteiger partial charge in [-0.2, -0.15) is 4.39 Å². The number of aromatic nitrogens is 2. The molecule has 0 aliphatic carbocycles. The fraction of sp³-hybridized carbons (Fsp3) is 0.533. The number of carbonyl (C=O) groups excluding carboxylic acids is 1. The summed E-state index contributed by atoms with van der Waals surface area (Å²) >= 11 is 0. The number of rotatable bonds is 4. The van der Waals surface area contributed by atoms with Crippen molar-refractivity contribution in [2.75, 3.05) is 6.61 Å². The minimum absolute atomic E-state index is 0.0129. The number of H-pyrrole nitrogens is 1. The average Bonchev–Trinajstić information content (AvgIpc) is 2.93. The third-order valence-electron chi connectivity index (χ3n) is 3.56. The Kier molecular flexibility index (Phi) is 4.71. The monoisotopic (exact) mass is 324 g/mol. The summed E-state index contributed by atoms with van der Waals surface area (Å²) < 4.78 is 25.0. The summed E-state index contributed by atoms with van der Waals surface area (Å²) in [6, 6.07) is 0. The lowest BCUT2D eigenvalue weighted by molar-refractivity contribution is -0.154. The molecule has 2 heterocycles. The third-order valence-corrected chi connectivity index (χ3v) is 3.56. The van der Waals surface area contributed by atoms with Crippen molar-refractivity contribution >= 4 is 5.97 Å². The lowest BCUT2D eigenvalue weighted by Gasteiger charge is -2.25. The molecule has 0 spiro atoms. The fourth-order valence-corrected chi connectivity index (χ4v) is 2.28. The van der Waals surface area contributed by atoms with Gasteiger partial charge in [0, 0.05) is 6.42 Å². The van der Waals surface area contributed by atoms with Crippen LogP contribution in [0.4, 0.5) is 4.39 Å². The summed E-state index contributed by atoms with van der Waals surface area (Å²) in [5.74, 6) is 0.543. The third kappa shape index (κ3) is 3.35. The minimum atomic E-state index is -1.52. The first kappa shape index (κ1) is 17.0. The van der Waals surface area contributed by atoms with Gasteiger partial charge in [-0.15, -0.1) is 6.42 Å². The Balaban J connectivity index is 2.20. The fourth-order valence-electron chi connectivity index (χ4n) is 2.28. The van der Waals surface area contributed by atoms with E-state index in [0.717, 1.165) is 10.8 Å². The van der Waals surface area contributed by atoms with E-state index in [4.69, 9.17) is 15.9 Å². The summed E-state index contributed by atoms with van der Waals surface area (Å²) in [4.78, 5) is 36.3. The largest absolute Gasteiger partial charge is 0.463 e. The van der Waals surface area contributed by atoms with Crippen LogP contribution in [0.3, 0.4) is 0 Å². The van der Waals surface area contributed by atoms with Gasteiger partial charge in [-0.3, -0.25) is 19.1 Å². The number of esters is 1. The molecule has 1 aromatic rings. The van der Waals surface area contributed by atoms with Crippen LogP contribution in [0.25, 0.3) is 0 Å². The van der Waals surface area contributed by atoms with Gasteiger partial charge in [0.1, 0.15) is 6.61 Å². The zero-order valence-corrected chi connectivity index (χ0v) is 12.8. The smallest absolute Gasteiger partial charge is 0.331 e. The highest BCUT2D eigenvalue weighted by Gasteiger charge is 2.42. The van der Waals surface area contributed by atoms with Crippen molar-refractivity contribution in [3.8, 4) is 12.3 Å². The maximum atomic E-state index is 13.5. The summed E-state index contributed by atoms with van der Waals surface area (Å²) in [7, 11) is 0. The molecule has 124 valence electrons. The molecule has 1 fully saturated rings. The highest BCUT2D eigenvalue weighted by atomic mass is 19.1. The molecule has 2 rings (SSSR count). The molecule has 0 radical (unpaired) electrons. The van der Waals surface area contributed by atoms with Gasteiger partial charge >= 0.3 is 11.7 Å². The van der Waals surface area contributed by atoms with Gasteiger partial charge in [-0.25, -0.2) is 4.79 Å². The molecule has 1 saturated heterocycles. The number of ether oxygens (including phenoxy) is 2. The molecule has 2 unspecified atom stereocenters.